The number of hydrogen-bond donors (Lipinski definition) is 1. The second-order valence-corrected chi connectivity index (χ2v) is 7.01. The summed E-state index contributed by atoms with van der Waals surface area (Å²) in [4.78, 5) is 12.1. The molecule has 3 rings (SSSR count). The van der Waals surface area contributed by atoms with E-state index in [1.54, 1.807) is 0 Å². The lowest BCUT2D eigenvalue weighted by atomic mass is 10.3. The normalized spacial score (nSPS) is 15.0. The molecular weight excluding hydrogens is 326 g/mol. The number of carbonyl (C=O) groups excluding carboxylic acids is 1. The van der Waals surface area contributed by atoms with Crippen molar-refractivity contribution < 1.29 is 9.53 Å². The first kappa shape index (κ1) is 16.8. The van der Waals surface area contributed by atoms with Crippen molar-refractivity contribution in [2.24, 2.45) is 0 Å². The van der Waals surface area contributed by atoms with E-state index >= 15 is 0 Å². The van der Waals surface area contributed by atoms with Crippen molar-refractivity contribution in [3.63, 3.8) is 0 Å². The quantitative estimate of drug-likeness (QED) is 0.552. The number of carbonyl (C=O) groups is 1. The number of nitrogens with zero attached hydrogens (tertiary/aromatic N) is 4. The van der Waals surface area contributed by atoms with Crippen LogP contribution < -0.4 is 10.1 Å². The second kappa shape index (κ2) is 8.14. The molecule has 2 aromatic rings. The van der Waals surface area contributed by atoms with Gasteiger partial charge in [0.05, 0.1) is 17.9 Å². The summed E-state index contributed by atoms with van der Waals surface area (Å²) >= 11 is 1.40. The van der Waals surface area contributed by atoms with E-state index in [-0.39, 0.29) is 11.2 Å². The first-order chi connectivity index (χ1) is 11.7. The highest BCUT2D eigenvalue weighted by Crippen LogP contribution is 2.37. The molecule has 0 bridgehead atoms. The first-order valence-electron chi connectivity index (χ1n) is 8.14. The van der Waals surface area contributed by atoms with Crippen molar-refractivity contribution in [2.45, 2.75) is 42.6 Å². The van der Waals surface area contributed by atoms with E-state index in [9.17, 15) is 4.79 Å². The van der Waals surface area contributed by atoms with Gasteiger partial charge in [-0.1, -0.05) is 30.0 Å². The highest BCUT2D eigenvalue weighted by molar-refractivity contribution is 8.00. The van der Waals surface area contributed by atoms with Gasteiger partial charge in [-0.15, -0.1) is 5.10 Å². The Balaban J connectivity index is 1.34. The number of tetrazole rings is 1. The molecule has 1 aliphatic carbocycles. The van der Waals surface area contributed by atoms with Gasteiger partial charge in [0, 0.05) is 6.54 Å². The number of benzene rings is 1. The fraction of sp³-hybridized carbons (Fsp3) is 0.500. The maximum atomic E-state index is 12.1. The highest BCUT2D eigenvalue weighted by Gasteiger charge is 2.29. The van der Waals surface area contributed by atoms with E-state index in [4.69, 9.17) is 4.74 Å². The molecule has 1 aliphatic rings. The van der Waals surface area contributed by atoms with Crippen LogP contribution in [0, 0.1) is 0 Å². The van der Waals surface area contributed by atoms with Gasteiger partial charge in [0.2, 0.25) is 11.1 Å². The molecule has 7 nitrogen and oxygen atoms in total. The van der Waals surface area contributed by atoms with Gasteiger partial charge in [0.1, 0.15) is 5.75 Å². The van der Waals surface area contributed by atoms with Crippen molar-refractivity contribution in [3.05, 3.63) is 30.3 Å². The summed E-state index contributed by atoms with van der Waals surface area (Å²) in [6.45, 7) is 3.03. The molecule has 8 heteroatoms. The zero-order valence-corrected chi connectivity index (χ0v) is 14.4. The minimum absolute atomic E-state index is 0.00921. The van der Waals surface area contributed by atoms with Crippen LogP contribution in [0.4, 0.5) is 0 Å². The Morgan fingerprint density at radius 3 is 2.96 bits per heavy atom. The van der Waals surface area contributed by atoms with Crippen molar-refractivity contribution in [2.75, 3.05) is 13.2 Å². The Morgan fingerprint density at radius 1 is 1.42 bits per heavy atom. The van der Waals surface area contributed by atoms with Gasteiger partial charge in [-0.25, -0.2) is 4.68 Å². The molecule has 1 N–H and O–H groups in total. The Bertz CT molecular complexity index is 659. The third-order valence-electron chi connectivity index (χ3n) is 3.64. The second-order valence-electron chi connectivity index (χ2n) is 5.70. The van der Waals surface area contributed by atoms with Gasteiger partial charge < -0.3 is 10.1 Å². The Kier molecular flexibility index (Phi) is 5.68. The van der Waals surface area contributed by atoms with Crippen molar-refractivity contribution in [1.29, 1.82) is 0 Å². The fourth-order valence-electron chi connectivity index (χ4n) is 2.16. The lowest BCUT2D eigenvalue weighted by molar-refractivity contribution is -0.120. The molecule has 1 saturated carbocycles. The number of amides is 1. The van der Waals surface area contributed by atoms with Gasteiger partial charge in [0.15, 0.2) is 0 Å². The molecule has 128 valence electrons. The number of ether oxygens (including phenoxy) is 1. The van der Waals surface area contributed by atoms with Crippen LogP contribution in [0.2, 0.25) is 0 Å². The van der Waals surface area contributed by atoms with Crippen LogP contribution in [0.15, 0.2) is 35.5 Å². The molecule has 1 atom stereocenters. The number of aromatic nitrogens is 4. The van der Waals surface area contributed by atoms with Gasteiger partial charge in [-0.2, -0.15) is 0 Å². The van der Waals surface area contributed by atoms with Crippen LogP contribution >= 0.6 is 11.8 Å². The van der Waals surface area contributed by atoms with Crippen LogP contribution in [0.1, 0.15) is 32.2 Å². The third kappa shape index (κ3) is 4.70. The zero-order valence-electron chi connectivity index (χ0n) is 13.6. The van der Waals surface area contributed by atoms with E-state index < -0.39 is 0 Å². The molecule has 1 fully saturated rings. The average molecular weight is 347 g/mol. The van der Waals surface area contributed by atoms with E-state index in [0.29, 0.717) is 24.3 Å². The minimum atomic E-state index is -0.233. The predicted molar refractivity (Wildman–Crippen MR) is 91.0 cm³/mol. The molecule has 0 saturated heterocycles. The van der Waals surface area contributed by atoms with Crippen molar-refractivity contribution >= 4 is 17.7 Å². The molecule has 0 spiro atoms. The molecule has 0 aliphatic heterocycles. The van der Waals surface area contributed by atoms with E-state index in [1.165, 1.54) is 11.8 Å². The smallest absolute Gasteiger partial charge is 0.233 e. The maximum Gasteiger partial charge on any atom is 0.233 e. The topological polar surface area (TPSA) is 81.9 Å². The lowest BCUT2D eigenvalue weighted by Crippen LogP contribution is -2.32. The summed E-state index contributed by atoms with van der Waals surface area (Å²) in [5.41, 5.74) is 0. The van der Waals surface area contributed by atoms with Crippen LogP contribution in [0.25, 0.3) is 0 Å². The lowest BCUT2D eigenvalue weighted by Gasteiger charge is -2.12. The zero-order chi connectivity index (χ0) is 16.8. The number of para-hydroxylation sites is 1. The minimum Gasteiger partial charge on any atom is -0.494 e. The monoisotopic (exact) mass is 347 g/mol. The fourth-order valence-corrected chi connectivity index (χ4v) is 3.04. The first-order valence-corrected chi connectivity index (χ1v) is 9.02. The summed E-state index contributed by atoms with van der Waals surface area (Å²) in [6.07, 6.45) is 2.99. The number of rotatable bonds is 9. The summed E-state index contributed by atoms with van der Waals surface area (Å²) in [7, 11) is 0. The van der Waals surface area contributed by atoms with Gasteiger partial charge in [-0.3, -0.25) is 4.79 Å². The van der Waals surface area contributed by atoms with Crippen LogP contribution in [0.3, 0.4) is 0 Å². The summed E-state index contributed by atoms with van der Waals surface area (Å²) in [5.74, 6) is 0.838. The van der Waals surface area contributed by atoms with E-state index in [0.717, 1.165) is 25.0 Å². The predicted octanol–water partition coefficient (Wildman–Crippen LogP) is 2.07. The number of thioether (sulfide) groups is 1. The number of hydrogen-bond acceptors (Lipinski definition) is 6. The molecule has 0 radical (unpaired) electrons. The highest BCUT2D eigenvalue weighted by atomic mass is 32.2. The molecule has 1 aromatic carbocycles. The SMILES string of the molecule is CC(Sc1nnnn1C1CC1)C(=O)NCCCOc1ccccc1. The summed E-state index contributed by atoms with van der Waals surface area (Å²) in [5, 5.41) is 15.1. The molecule has 1 amide bonds. The maximum absolute atomic E-state index is 12.1. The van der Waals surface area contributed by atoms with Gasteiger partial charge in [-0.05, 0) is 48.7 Å². The van der Waals surface area contributed by atoms with Crippen molar-refractivity contribution in [3.8, 4) is 5.75 Å². The third-order valence-corrected chi connectivity index (χ3v) is 4.69. The number of nitrogens with one attached hydrogen (secondary N) is 1. The van der Waals surface area contributed by atoms with E-state index in [2.05, 4.69) is 20.8 Å². The molecular formula is C16H21N5O2S. The van der Waals surface area contributed by atoms with Gasteiger partial charge in [0.25, 0.3) is 0 Å². The van der Waals surface area contributed by atoms with E-state index in [1.807, 2.05) is 41.9 Å². The van der Waals surface area contributed by atoms with Crippen molar-refractivity contribution in [1.82, 2.24) is 25.5 Å². The molecule has 1 heterocycles. The summed E-state index contributed by atoms with van der Waals surface area (Å²) in [6, 6.07) is 10.1. The molecule has 1 unspecified atom stereocenters. The van der Waals surface area contributed by atoms with Crippen LogP contribution in [-0.2, 0) is 4.79 Å². The Hall–Kier alpha value is -2.09. The average Bonchev–Trinajstić information content (AvgIpc) is 3.35. The Labute approximate surface area is 145 Å². The molecule has 24 heavy (non-hydrogen) atoms. The Morgan fingerprint density at radius 2 is 2.21 bits per heavy atom. The summed E-state index contributed by atoms with van der Waals surface area (Å²) < 4.78 is 7.42. The van der Waals surface area contributed by atoms with Gasteiger partial charge >= 0.3 is 0 Å². The van der Waals surface area contributed by atoms with Crippen LogP contribution in [0.5, 0.6) is 5.75 Å². The van der Waals surface area contributed by atoms with Crippen LogP contribution in [-0.4, -0.2) is 44.5 Å². The molecule has 1 aromatic heterocycles. The standard InChI is InChI=1S/C16H21N5O2S/c1-12(24-16-18-19-20-21(16)13-8-9-13)15(22)17-10-5-11-23-14-6-3-2-4-7-14/h2-4,6-7,12-13H,5,8-11H2,1H3,(H,17,22). The largest absolute Gasteiger partial charge is 0.494 e.